The van der Waals surface area contributed by atoms with Gasteiger partial charge in [0.1, 0.15) is 11.4 Å². The lowest BCUT2D eigenvalue weighted by Gasteiger charge is -2.26. The van der Waals surface area contributed by atoms with Crippen LogP contribution >= 0.6 is 22.7 Å². The molecule has 0 radical (unpaired) electrons. The van der Waals surface area contributed by atoms with Crippen molar-refractivity contribution in [1.29, 1.82) is 0 Å². The van der Waals surface area contributed by atoms with Gasteiger partial charge in [0, 0.05) is 18.5 Å². The number of amides is 1. The summed E-state index contributed by atoms with van der Waals surface area (Å²) < 4.78 is 8.03. The van der Waals surface area contributed by atoms with E-state index in [-0.39, 0.29) is 5.91 Å². The largest absolute Gasteiger partial charge is 0.490 e. The van der Waals surface area contributed by atoms with Crippen molar-refractivity contribution in [3.05, 3.63) is 72.0 Å². The zero-order valence-electron chi connectivity index (χ0n) is 18.6. The van der Waals surface area contributed by atoms with Crippen molar-refractivity contribution < 1.29 is 9.53 Å². The Morgan fingerprint density at radius 3 is 2.80 bits per heavy atom. The molecule has 1 aromatic carbocycles. The highest BCUT2D eigenvalue weighted by molar-refractivity contribution is 7.20. The maximum absolute atomic E-state index is 12.6. The minimum Gasteiger partial charge on any atom is -0.490 e. The van der Waals surface area contributed by atoms with Gasteiger partial charge < -0.3 is 21.1 Å². The first-order valence-electron chi connectivity index (χ1n) is 11.2. The van der Waals surface area contributed by atoms with Gasteiger partial charge in [-0.3, -0.25) is 9.20 Å². The van der Waals surface area contributed by atoms with Crippen molar-refractivity contribution in [2.24, 2.45) is 0 Å². The van der Waals surface area contributed by atoms with Crippen molar-refractivity contribution in [1.82, 2.24) is 14.4 Å². The number of carbonyl (C=O) groups excluding carboxylic acids is 1. The zero-order chi connectivity index (χ0) is 23.8. The summed E-state index contributed by atoms with van der Waals surface area (Å²) in [6.45, 7) is 0. The molecule has 1 aliphatic rings. The molecule has 0 saturated heterocycles. The number of anilines is 4. The van der Waals surface area contributed by atoms with Crippen molar-refractivity contribution >= 4 is 55.7 Å². The third kappa shape index (κ3) is 4.45. The number of benzene rings is 1. The number of thiophene rings is 1. The average molecular weight is 503 g/mol. The van der Waals surface area contributed by atoms with Crippen LogP contribution in [0.2, 0.25) is 0 Å². The highest BCUT2D eigenvalue weighted by atomic mass is 32.1. The Kier molecular flexibility index (Phi) is 5.59. The first-order chi connectivity index (χ1) is 17.1. The van der Waals surface area contributed by atoms with Gasteiger partial charge in [0.15, 0.2) is 5.13 Å². The van der Waals surface area contributed by atoms with Gasteiger partial charge in [-0.2, -0.15) is 0 Å². The predicted molar refractivity (Wildman–Crippen MR) is 141 cm³/mol. The highest BCUT2D eigenvalue weighted by Crippen LogP contribution is 2.34. The van der Waals surface area contributed by atoms with Crippen LogP contribution in [0.15, 0.2) is 67.1 Å². The Balaban J connectivity index is 1.15. The van der Waals surface area contributed by atoms with Crippen molar-refractivity contribution in [3.63, 3.8) is 0 Å². The molecule has 4 heterocycles. The molecule has 1 aliphatic carbocycles. The minimum atomic E-state index is -0.202. The van der Waals surface area contributed by atoms with E-state index >= 15 is 0 Å². The molecule has 0 spiro atoms. The van der Waals surface area contributed by atoms with E-state index in [1.54, 1.807) is 18.2 Å². The number of aromatic nitrogens is 3. The summed E-state index contributed by atoms with van der Waals surface area (Å²) in [5.74, 6) is 0.658. The standard InChI is InChI=1S/C25H22N6O2S2/c26-17-6-1-2-7-18(17)29-24(32)20-8-9-23(34-20)30-25-28-14-21(35-25)19-13-27-22-12-16(10-11-31(19)22)33-15-4-3-5-15/h1-2,6-15H,3-5,26H2,(H,28,30)(H,29,32). The quantitative estimate of drug-likeness (QED) is 0.235. The third-order valence-corrected chi connectivity index (χ3v) is 7.80. The number of pyridine rings is 1. The fourth-order valence-corrected chi connectivity index (χ4v) is 5.48. The van der Waals surface area contributed by atoms with E-state index < -0.39 is 0 Å². The van der Waals surface area contributed by atoms with Crippen LogP contribution in [-0.4, -0.2) is 26.4 Å². The summed E-state index contributed by atoms with van der Waals surface area (Å²) in [5.41, 5.74) is 8.85. The van der Waals surface area contributed by atoms with E-state index in [0.717, 1.165) is 44.9 Å². The van der Waals surface area contributed by atoms with Crippen LogP contribution in [0.3, 0.4) is 0 Å². The number of hydrogen-bond acceptors (Lipinski definition) is 8. The maximum atomic E-state index is 12.6. The number of nitrogens with zero attached hydrogens (tertiary/aromatic N) is 3. The number of fused-ring (bicyclic) bond motifs is 1. The molecule has 0 aliphatic heterocycles. The predicted octanol–water partition coefficient (Wildman–Crippen LogP) is 6.03. The topological polar surface area (TPSA) is 107 Å². The summed E-state index contributed by atoms with van der Waals surface area (Å²) in [6, 6.07) is 14.8. The first-order valence-corrected chi connectivity index (χ1v) is 12.9. The summed E-state index contributed by atoms with van der Waals surface area (Å²) in [4.78, 5) is 23.2. The molecule has 0 bridgehead atoms. The number of thiazole rings is 1. The van der Waals surface area contributed by atoms with Gasteiger partial charge in [-0.05, 0) is 49.6 Å². The molecule has 1 saturated carbocycles. The van der Waals surface area contributed by atoms with E-state index in [2.05, 4.69) is 20.6 Å². The molecule has 0 unspecified atom stereocenters. The van der Waals surface area contributed by atoms with Gasteiger partial charge in [0.05, 0.1) is 44.1 Å². The van der Waals surface area contributed by atoms with E-state index in [1.165, 1.54) is 29.1 Å². The normalized spacial score (nSPS) is 13.5. The van der Waals surface area contributed by atoms with E-state index in [9.17, 15) is 4.79 Å². The van der Waals surface area contributed by atoms with Crippen LogP contribution in [0.4, 0.5) is 21.5 Å². The number of ether oxygens (including phenoxy) is 1. The second-order valence-corrected chi connectivity index (χ2v) is 10.4. The zero-order valence-corrected chi connectivity index (χ0v) is 20.2. The number of para-hydroxylation sites is 2. The minimum absolute atomic E-state index is 0.202. The van der Waals surface area contributed by atoms with E-state index in [4.69, 9.17) is 10.5 Å². The van der Waals surface area contributed by atoms with Gasteiger partial charge in [-0.1, -0.05) is 23.5 Å². The lowest BCUT2D eigenvalue weighted by Crippen LogP contribution is -2.24. The summed E-state index contributed by atoms with van der Waals surface area (Å²) >= 11 is 2.88. The smallest absolute Gasteiger partial charge is 0.265 e. The van der Waals surface area contributed by atoms with Crippen LogP contribution in [0.5, 0.6) is 5.75 Å². The number of hydrogen-bond donors (Lipinski definition) is 3. The number of nitrogen functional groups attached to an aromatic ring is 1. The van der Waals surface area contributed by atoms with Crippen LogP contribution < -0.4 is 21.1 Å². The number of carbonyl (C=O) groups is 1. The molecule has 10 heteroatoms. The molecule has 0 atom stereocenters. The Morgan fingerprint density at radius 1 is 1.09 bits per heavy atom. The molecule has 5 aromatic rings. The molecular weight excluding hydrogens is 480 g/mol. The van der Waals surface area contributed by atoms with E-state index in [0.29, 0.717) is 22.4 Å². The van der Waals surface area contributed by atoms with Gasteiger partial charge in [-0.25, -0.2) is 9.97 Å². The van der Waals surface area contributed by atoms with Crippen LogP contribution in [-0.2, 0) is 0 Å². The maximum Gasteiger partial charge on any atom is 0.265 e. The molecule has 35 heavy (non-hydrogen) atoms. The second-order valence-electron chi connectivity index (χ2n) is 8.26. The Bertz CT molecular complexity index is 1520. The molecule has 4 aromatic heterocycles. The van der Waals surface area contributed by atoms with Gasteiger partial charge >= 0.3 is 0 Å². The lowest BCUT2D eigenvalue weighted by molar-refractivity contribution is 0.103. The lowest BCUT2D eigenvalue weighted by atomic mass is 9.96. The van der Waals surface area contributed by atoms with Gasteiger partial charge in [-0.15, -0.1) is 11.3 Å². The molecule has 1 amide bonds. The molecular formula is C25H22N6O2S2. The van der Waals surface area contributed by atoms with Gasteiger partial charge in [0.25, 0.3) is 5.91 Å². The number of nitrogens with one attached hydrogen (secondary N) is 2. The van der Waals surface area contributed by atoms with Crippen molar-refractivity contribution in [2.75, 3.05) is 16.4 Å². The number of rotatable bonds is 7. The Hall–Kier alpha value is -3.89. The SMILES string of the molecule is Nc1ccccc1NC(=O)c1ccc(Nc2ncc(-c3cnc4cc(OC5CCC5)ccn34)s2)s1. The fraction of sp³-hybridized carbons (Fsp3) is 0.160. The number of imidazole rings is 1. The molecule has 176 valence electrons. The van der Waals surface area contributed by atoms with Crippen molar-refractivity contribution in [2.45, 2.75) is 25.4 Å². The summed E-state index contributed by atoms with van der Waals surface area (Å²) in [6.07, 6.45) is 9.49. The third-order valence-electron chi connectivity index (χ3n) is 5.87. The van der Waals surface area contributed by atoms with Gasteiger partial charge in [0.2, 0.25) is 0 Å². The monoisotopic (exact) mass is 502 g/mol. The molecule has 8 nitrogen and oxygen atoms in total. The first kappa shape index (κ1) is 21.6. The fourth-order valence-electron chi connectivity index (χ4n) is 3.78. The Labute approximate surface area is 209 Å². The molecule has 1 fully saturated rings. The number of nitrogens with two attached hydrogens (primary N) is 1. The average Bonchev–Trinajstić information content (AvgIpc) is 3.57. The summed E-state index contributed by atoms with van der Waals surface area (Å²) in [5, 5.41) is 7.72. The van der Waals surface area contributed by atoms with Crippen LogP contribution in [0.1, 0.15) is 28.9 Å². The second kappa shape index (κ2) is 9.05. The van der Waals surface area contributed by atoms with Crippen LogP contribution in [0, 0.1) is 0 Å². The van der Waals surface area contributed by atoms with E-state index in [1.807, 2.05) is 53.3 Å². The molecule has 6 rings (SSSR count). The Morgan fingerprint density at radius 2 is 1.97 bits per heavy atom. The van der Waals surface area contributed by atoms with Crippen LogP contribution in [0.25, 0.3) is 16.2 Å². The highest BCUT2D eigenvalue weighted by Gasteiger charge is 2.19. The molecule has 4 N–H and O–H groups in total. The summed E-state index contributed by atoms with van der Waals surface area (Å²) in [7, 11) is 0. The van der Waals surface area contributed by atoms with Crippen molar-refractivity contribution in [3.8, 4) is 16.3 Å².